The Morgan fingerprint density at radius 1 is 1.21 bits per heavy atom. The lowest BCUT2D eigenvalue weighted by Crippen LogP contribution is -2.20. The summed E-state index contributed by atoms with van der Waals surface area (Å²) in [5, 5.41) is 9.28. The molecule has 0 amide bonds. The van der Waals surface area contributed by atoms with E-state index in [1.165, 1.54) is 0 Å². The van der Waals surface area contributed by atoms with Gasteiger partial charge in [0.1, 0.15) is 23.2 Å². The van der Waals surface area contributed by atoms with Crippen LogP contribution in [0.5, 0.6) is 5.75 Å². The molecule has 1 unspecified atom stereocenters. The number of benzene rings is 1. The third kappa shape index (κ3) is 1.70. The maximum Gasteiger partial charge on any atom is 0.205 e. The Morgan fingerprint density at radius 2 is 2.05 bits per heavy atom. The zero-order valence-electron chi connectivity index (χ0n) is 9.96. The minimum atomic E-state index is -0.357. The van der Waals surface area contributed by atoms with E-state index in [1.807, 2.05) is 6.07 Å². The molecule has 0 fully saturated rings. The van der Waals surface area contributed by atoms with Gasteiger partial charge in [-0.1, -0.05) is 6.07 Å². The van der Waals surface area contributed by atoms with Crippen molar-refractivity contribution in [2.24, 2.45) is 5.73 Å². The molecule has 0 spiro atoms. The minimum Gasteiger partial charge on any atom is -0.468 e. The van der Waals surface area contributed by atoms with Crippen LogP contribution in [0.3, 0.4) is 0 Å². The van der Waals surface area contributed by atoms with Crippen LogP contribution in [0.25, 0.3) is 0 Å². The summed E-state index contributed by atoms with van der Waals surface area (Å²) in [6.45, 7) is 0. The van der Waals surface area contributed by atoms with Crippen LogP contribution in [0.2, 0.25) is 0 Å². The topological polar surface area (TPSA) is 98.2 Å². The van der Waals surface area contributed by atoms with Crippen LogP contribution in [0, 0.1) is 11.3 Å². The summed E-state index contributed by atoms with van der Waals surface area (Å²) in [6, 6.07) is 10.9. The van der Waals surface area contributed by atoms with Gasteiger partial charge in [0, 0.05) is 17.3 Å². The first-order valence-corrected chi connectivity index (χ1v) is 5.71. The number of nitriles is 1. The molecule has 0 saturated carbocycles. The van der Waals surface area contributed by atoms with Gasteiger partial charge in [-0.25, -0.2) is 0 Å². The fourth-order valence-corrected chi connectivity index (χ4v) is 2.22. The molecule has 2 heterocycles. The van der Waals surface area contributed by atoms with Gasteiger partial charge in [0.15, 0.2) is 0 Å². The number of ether oxygens (including phenoxy) is 1. The van der Waals surface area contributed by atoms with E-state index in [0.29, 0.717) is 22.8 Å². The van der Waals surface area contributed by atoms with Crippen molar-refractivity contribution >= 4 is 5.69 Å². The quantitative estimate of drug-likeness (QED) is 0.758. The van der Waals surface area contributed by atoms with Crippen LogP contribution in [-0.4, -0.2) is 0 Å². The van der Waals surface area contributed by atoms with Crippen LogP contribution in [0.15, 0.2) is 52.5 Å². The molecule has 3 rings (SSSR count). The molecule has 0 aliphatic carbocycles. The Labute approximate surface area is 109 Å². The van der Waals surface area contributed by atoms with Gasteiger partial charge in [-0.15, -0.1) is 0 Å². The SMILES string of the molecule is N#CC1=C(N)Oc2cc(N)ccc2C1c1ccco1. The van der Waals surface area contributed by atoms with Gasteiger partial charge < -0.3 is 20.6 Å². The Balaban J connectivity index is 2.23. The van der Waals surface area contributed by atoms with Crippen molar-refractivity contribution in [2.45, 2.75) is 5.92 Å². The number of nitrogens with two attached hydrogens (primary N) is 2. The summed E-state index contributed by atoms with van der Waals surface area (Å²) < 4.78 is 10.9. The van der Waals surface area contributed by atoms with E-state index in [0.717, 1.165) is 5.56 Å². The van der Waals surface area contributed by atoms with Gasteiger partial charge in [0.05, 0.1) is 12.2 Å². The van der Waals surface area contributed by atoms with Crippen molar-refractivity contribution in [3.05, 3.63) is 59.4 Å². The average molecular weight is 253 g/mol. The fraction of sp³-hybridized carbons (Fsp3) is 0.0714. The Hall–Kier alpha value is -2.87. The molecule has 1 aliphatic rings. The standard InChI is InChI=1S/C14H11N3O2/c15-7-10-13(11-2-1-5-18-11)9-4-3-8(16)6-12(9)19-14(10)17/h1-6,13H,16-17H2. The highest BCUT2D eigenvalue weighted by Gasteiger charge is 2.32. The normalized spacial score (nSPS) is 17.5. The van der Waals surface area contributed by atoms with Crippen molar-refractivity contribution in [3.63, 3.8) is 0 Å². The van der Waals surface area contributed by atoms with Crippen molar-refractivity contribution in [1.82, 2.24) is 0 Å². The smallest absolute Gasteiger partial charge is 0.205 e. The lowest BCUT2D eigenvalue weighted by molar-refractivity contribution is 0.384. The van der Waals surface area contributed by atoms with Gasteiger partial charge >= 0.3 is 0 Å². The van der Waals surface area contributed by atoms with Crippen LogP contribution in [0.1, 0.15) is 17.2 Å². The maximum atomic E-state index is 9.28. The molecule has 19 heavy (non-hydrogen) atoms. The van der Waals surface area contributed by atoms with Gasteiger partial charge in [-0.3, -0.25) is 0 Å². The monoisotopic (exact) mass is 253 g/mol. The van der Waals surface area contributed by atoms with Gasteiger partial charge in [-0.05, 0) is 18.2 Å². The zero-order chi connectivity index (χ0) is 13.4. The second kappa shape index (κ2) is 4.10. The zero-order valence-corrected chi connectivity index (χ0v) is 9.96. The molecule has 1 aromatic heterocycles. The average Bonchev–Trinajstić information content (AvgIpc) is 2.90. The number of rotatable bonds is 1. The van der Waals surface area contributed by atoms with E-state index in [2.05, 4.69) is 6.07 Å². The number of nitrogens with zero attached hydrogens (tertiary/aromatic N) is 1. The highest BCUT2D eigenvalue weighted by atomic mass is 16.5. The highest BCUT2D eigenvalue weighted by Crippen LogP contribution is 2.42. The van der Waals surface area contributed by atoms with Gasteiger partial charge in [0.25, 0.3) is 0 Å². The summed E-state index contributed by atoms with van der Waals surface area (Å²) in [4.78, 5) is 0. The third-order valence-electron chi connectivity index (χ3n) is 3.07. The Kier molecular flexibility index (Phi) is 2.43. The molecular formula is C14H11N3O2. The molecule has 1 aromatic carbocycles. The Morgan fingerprint density at radius 3 is 2.74 bits per heavy atom. The van der Waals surface area contributed by atoms with Crippen molar-refractivity contribution in [1.29, 1.82) is 5.26 Å². The molecule has 1 aliphatic heterocycles. The van der Waals surface area contributed by atoms with Crippen molar-refractivity contribution in [2.75, 3.05) is 5.73 Å². The van der Waals surface area contributed by atoms with E-state index >= 15 is 0 Å². The van der Waals surface area contributed by atoms with E-state index in [-0.39, 0.29) is 11.8 Å². The number of anilines is 1. The fourth-order valence-electron chi connectivity index (χ4n) is 2.22. The second-order valence-corrected chi connectivity index (χ2v) is 4.24. The number of fused-ring (bicyclic) bond motifs is 1. The molecule has 2 aromatic rings. The molecule has 4 N–H and O–H groups in total. The number of furan rings is 1. The van der Waals surface area contributed by atoms with Crippen LogP contribution in [0.4, 0.5) is 5.69 Å². The molecule has 0 radical (unpaired) electrons. The second-order valence-electron chi connectivity index (χ2n) is 4.24. The molecule has 0 saturated heterocycles. The van der Waals surface area contributed by atoms with Crippen molar-refractivity contribution in [3.8, 4) is 11.8 Å². The summed E-state index contributed by atoms with van der Waals surface area (Å²) >= 11 is 0. The van der Waals surface area contributed by atoms with Gasteiger partial charge in [0.2, 0.25) is 5.88 Å². The van der Waals surface area contributed by atoms with Gasteiger partial charge in [-0.2, -0.15) is 5.26 Å². The van der Waals surface area contributed by atoms with E-state index in [9.17, 15) is 5.26 Å². The van der Waals surface area contributed by atoms with E-state index in [4.69, 9.17) is 20.6 Å². The predicted molar refractivity (Wildman–Crippen MR) is 68.9 cm³/mol. The largest absolute Gasteiger partial charge is 0.468 e. The number of hydrogen-bond acceptors (Lipinski definition) is 5. The first kappa shape index (κ1) is 11.2. The first-order chi connectivity index (χ1) is 9.20. The first-order valence-electron chi connectivity index (χ1n) is 5.71. The number of allylic oxidation sites excluding steroid dienone is 1. The van der Waals surface area contributed by atoms with Crippen LogP contribution >= 0.6 is 0 Å². The van der Waals surface area contributed by atoms with E-state index < -0.39 is 0 Å². The highest BCUT2D eigenvalue weighted by molar-refractivity contribution is 5.58. The summed E-state index contributed by atoms with van der Waals surface area (Å²) in [7, 11) is 0. The lowest BCUT2D eigenvalue weighted by Gasteiger charge is -2.24. The summed E-state index contributed by atoms with van der Waals surface area (Å²) in [6.07, 6.45) is 1.56. The predicted octanol–water partition coefficient (Wildman–Crippen LogP) is 2.08. The number of hydrogen-bond donors (Lipinski definition) is 2. The molecule has 94 valence electrons. The summed E-state index contributed by atoms with van der Waals surface area (Å²) in [5.41, 5.74) is 13.3. The molecule has 5 heteroatoms. The van der Waals surface area contributed by atoms with E-state index in [1.54, 1.807) is 30.5 Å². The summed E-state index contributed by atoms with van der Waals surface area (Å²) in [5.74, 6) is 0.929. The van der Waals surface area contributed by atoms with Crippen molar-refractivity contribution < 1.29 is 9.15 Å². The maximum absolute atomic E-state index is 9.28. The molecular weight excluding hydrogens is 242 g/mol. The van der Waals surface area contributed by atoms with Crippen LogP contribution in [-0.2, 0) is 0 Å². The molecule has 1 atom stereocenters. The third-order valence-corrected chi connectivity index (χ3v) is 3.07. The lowest BCUT2D eigenvalue weighted by atomic mass is 9.87. The molecule has 5 nitrogen and oxygen atoms in total. The minimum absolute atomic E-state index is 0.0852. The van der Waals surface area contributed by atoms with Crippen LogP contribution < -0.4 is 16.2 Å². The molecule has 0 bridgehead atoms. The Bertz CT molecular complexity index is 696. The number of nitrogen functional groups attached to an aromatic ring is 1.